The van der Waals surface area contributed by atoms with Crippen LogP contribution in [-0.4, -0.2) is 25.1 Å². The van der Waals surface area contributed by atoms with Crippen LogP contribution in [0.1, 0.15) is 31.0 Å². The molecule has 22 heavy (non-hydrogen) atoms. The second kappa shape index (κ2) is 7.26. The van der Waals surface area contributed by atoms with Gasteiger partial charge in [0.05, 0.1) is 26.3 Å². The number of nitrogens with one attached hydrogen (secondary N) is 1. The van der Waals surface area contributed by atoms with Crippen LogP contribution in [0.25, 0.3) is 0 Å². The fourth-order valence-electron chi connectivity index (χ4n) is 1.94. The lowest BCUT2D eigenvalue weighted by molar-refractivity contribution is -0.115. The van der Waals surface area contributed by atoms with E-state index in [-0.39, 0.29) is 12.3 Å². The summed E-state index contributed by atoms with van der Waals surface area (Å²) in [6, 6.07) is 5.41. The molecule has 0 saturated carbocycles. The van der Waals surface area contributed by atoms with Crippen molar-refractivity contribution in [3.8, 4) is 11.5 Å². The predicted octanol–water partition coefficient (Wildman–Crippen LogP) is 3.46. The van der Waals surface area contributed by atoms with Crippen LogP contribution in [0, 0.1) is 0 Å². The van der Waals surface area contributed by atoms with E-state index in [4.69, 9.17) is 9.47 Å². The first-order chi connectivity index (χ1) is 10.5. The summed E-state index contributed by atoms with van der Waals surface area (Å²) in [5.41, 5.74) is 1.80. The fraction of sp³-hybridized carbons (Fsp3) is 0.375. The summed E-state index contributed by atoms with van der Waals surface area (Å²) in [5, 5.41) is 5.42. The van der Waals surface area contributed by atoms with Gasteiger partial charge in [-0.05, 0) is 12.0 Å². The lowest BCUT2D eigenvalue weighted by atomic mass is 10.1. The number of anilines is 1. The van der Waals surface area contributed by atoms with Crippen molar-refractivity contribution in [2.45, 2.75) is 26.2 Å². The Labute approximate surface area is 134 Å². The third kappa shape index (κ3) is 3.98. The van der Waals surface area contributed by atoms with Crippen LogP contribution in [0.5, 0.6) is 11.5 Å². The zero-order chi connectivity index (χ0) is 16.1. The molecule has 0 bridgehead atoms. The number of hydrogen-bond donors (Lipinski definition) is 1. The van der Waals surface area contributed by atoms with Crippen molar-refractivity contribution in [1.29, 1.82) is 0 Å². The van der Waals surface area contributed by atoms with E-state index >= 15 is 0 Å². The number of rotatable bonds is 6. The molecule has 0 saturated heterocycles. The molecule has 2 rings (SSSR count). The molecule has 0 aliphatic heterocycles. The molecule has 1 amide bonds. The van der Waals surface area contributed by atoms with Gasteiger partial charge in [-0.25, -0.2) is 4.98 Å². The van der Waals surface area contributed by atoms with E-state index in [0.717, 1.165) is 11.3 Å². The van der Waals surface area contributed by atoms with E-state index < -0.39 is 0 Å². The molecule has 6 heteroatoms. The molecule has 2 aromatic rings. The van der Waals surface area contributed by atoms with Crippen LogP contribution in [0.4, 0.5) is 5.13 Å². The quantitative estimate of drug-likeness (QED) is 0.885. The lowest BCUT2D eigenvalue weighted by Gasteiger charge is -2.10. The Balaban J connectivity index is 2.05. The number of benzene rings is 1. The van der Waals surface area contributed by atoms with Gasteiger partial charge in [-0.3, -0.25) is 4.79 Å². The van der Waals surface area contributed by atoms with Gasteiger partial charge in [-0.1, -0.05) is 19.9 Å². The number of nitrogens with zero attached hydrogens (tertiary/aromatic N) is 1. The van der Waals surface area contributed by atoms with E-state index in [2.05, 4.69) is 24.1 Å². The largest absolute Gasteiger partial charge is 0.497 e. The molecule has 0 fully saturated rings. The summed E-state index contributed by atoms with van der Waals surface area (Å²) in [5.74, 6) is 1.57. The SMILES string of the molecule is COc1ccc(CC(=O)Nc2nc(C(C)C)cs2)c(OC)c1. The van der Waals surface area contributed by atoms with Crippen molar-refractivity contribution in [2.75, 3.05) is 19.5 Å². The van der Waals surface area contributed by atoms with Gasteiger partial charge >= 0.3 is 0 Å². The van der Waals surface area contributed by atoms with Crippen LogP contribution in [-0.2, 0) is 11.2 Å². The second-order valence-electron chi connectivity index (χ2n) is 5.13. The van der Waals surface area contributed by atoms with E-state index in [1.807, 2.05) is 17.5 Å². The van der Waals surface area contributed by atoms with Gasteiger partial charge in [0.2, 0.25) is 5.91 Å². The van der Waals surface area contributed by atoms with E-state index in [1.54, 1.807) is 20.3 Å². The predicted molar refractivity (Wildman–Crippen MR) is 88.1 cm³/mol. The minimum Gasteiger partial charge on any atom is -0.497 e. The highest BCUT2D eigenvalue weighted by Crippen LogP contribution is 2.26. The molecule has 1 aromatic carbocycles. The second-order valence-corrected chi connectivity index (χ2v) is 5.99. The van der Waals surface area contributed by atoms with E-state index in [0.29, 0.717) is 22.5 Å². The molecule has 0 atom stereocenters. The van der Waals surface area contributed by atoms with Crippen LogP contribution in [0.2, 0.25) is 0 Å². The van der Waals surface area contributed by atoms with Crippen molar-refractivity contribution in [1.82, 2.24) is 4.98 Å². The summed E-state index contributed by atoms with van der Waals surface area (Å²) >= 11 is 1.44. The summed E-state index contributed by atoms with van der Waals surface area (Å²) in [6.07, 6.45) is 0.226. The van der Waals surface area contributed by atoms with E-state index in [1.165, 1.54) is 11.3 Å². The Bertz CT molecular complexity index is 653. The highest BCUT2D eigenvalue weighted by molar-refractivity contribution is 7.13. The number of aromatic nitrogens is 1. The molecule has 1 N–H and O–H groups in total. The van der Waals surface area contributed by atoms with Crippen LogP contribution < -0.4 is 14.8 Å². The van der Waals surface area contributed by atoms with Crippen molar-refractivity contribution in [2.24, 2.45) is 0 Å². The maximum absolute atomic E-state index is 12.2. The third-order valence-corrected chi connectivity index (χ3v) is 3.98. The van der Waals surface area contributed by atoms with Crippen molar-refractivity contribution in [3.63, 3.8) is 0 Å². The minimum absolute atomic E-state index is 0.117. The normalized spacial score (nSPS) is 10.6. The van der Waals surface area contributed by atoms with Gasteiger partial charge in [-0.2, -0.15) is 0 Å². The van der Waals surface area contributed by atoms with Gasteiger partial charge in [0, 0.05) is 17.0 Å². The maximum Gasteiger partial charge on any atom is 0.230 e. The number of thiazole rings is 1. The van der Waals surface area contributed by atoms with Gasteiger partial charge < -0.3 is 14.8 Å². The minimum atomic E-state index is -0.117. The molecule has 1 aromatic heterocycles. The van der Waals surface area contributed by atoms with Crippen molar-refractivity contribution >= 4 is 22.4 Å². The number of amides is 1. The number of carbonyl (C=O) groups excluding carboxylic acids is 1. The third-order valence-electron chi connectivity index (χ3n) is 3.21. The summed E-state index contributed by atoms with van der Waals surface area (Å²) < 4.78 is 10.5. The topological polar surface area (TPSA) is 60.5 Å². The molecule has 5 nitrogen and oxygen atoms in total. The molecule has 1 heterocycles. The molecule has 0 aliphatic rings. The van der Waals surface area contributed by atoms with Gasteiger partial charge in [0.1, 0.15) is 11.5 Å². The standard InChI is InChI=1S/C16H20N2O3S/c1-10(2)13-9-22-16(17-13)18-15(19)7-11-5-6-12(20-3)8-14(11)21-4/h5-6,8-10H,7H2,1-4H3,(H,17,18,19). The Kier molecular flexibility index (Phi) is 5.38. The molecular weight excluding hydrogens is 300 g/mol. The zero-order valence-corrected chi connectivity index (χ0v) is 14.0. The van der Waals surface area contributed by atoms with Crippen LogP contribution in [0.15, 0.2) is 23.6 Å². The average Bonchev–Trinajstić information content (AvgIpc) is 2.96. The van der Waals surface area contributed by atoms with Crippen molar-refractivity contribution < 1.29 is 14.3 Å². The monoisotopic (exact) mass is 320 g/mol. The first kappa shape index (κ1) is 16.3. The smallest absolute Gasteiger partial charge is 0.230 e. The Morgan fingerprint density at radius 1 is 1.32 bits per heavy atom. The van der Waals surface area contributed by atoms with Crippen LogP contribution >= 0.6 is 11.3 Å². The zero-order valence-electron chi connectivity index (χ0n) is 13.2. The fourth-order valence-corrected chi connectivity index (χ4v) is 2.83. The number of carbonyl (C=O) groups is 1. The maximum atomic E-state index is 12.2. The first-order valence-electron chi connectivity index (χ1n) is 6.99. The molecule has 0 spiro atoms. The molecule has 0 radical (unpaired) electrons. The highest BCUT2D eigenvalue weighted by Gasteiger charge is 2.12. The summed E-state index contributed by atoms with van der Waals surface area (Å²) in [6.45, 7) is 4.14. The highest BCUT2D eigenvalue weighted by atomic mass is 32.1. The van der Waals surface area contributed by atoms with Crippen molar-refractivity contribution in [3.05, 3.63) is 34.8 Å². The van der Waals surface area contributed by atoms with Gasteiger partial charge in [-0.15, -0.1) is 11.3 Å². The number of ether oxygens (including phenoxy) is 2. The van der Waals surface area contributed by atoms with Gasteiger partial charge in [0.25, 0.3) is 0 Å². The summed E-state index contributed by atoms with van der Waals surface area (Å²) in [4.78, 5) is 16.5. The van der Waals surface area contributed by atoms with Gasteiger partial charge in [0.15, 0.2) is 5.13 Å². The van der Waals surface area contributed by atoms with Crippen LogP contribution in [0.3, 0.4) is 0 Å². The Morgan fingerprint density at radius 3 is 2.68 bits per heavy atom. The number of methoxy groups -OCH3 is 2. The molecule has 0 unspecified atom stereocenters. The Morgan fingerprint density at radius 2 is 2.09 bits per heavy atom. The Hall–Kier alpha value is -2.08. The van der Waals surface area contributed by atoms with E-state index in [9.17, 15) is 4.79 Å². The number of hydrogen-bond acceptors (Lipinski definition) is 5. The average molecular weight is 320 g/mol. The molecular formula is C16H20N2O3S. The lowest BCUT2D eigenvalue weighted by Crippen LogP contribution is -2.15. The molecule has 0 aliphatic carbocycles. The summed E-state index contributed by atoms with van der Waals surface area (Å²) in [7, 11) is 3.17. The first-order valence-corrected chi connectivity index (χ1v) is 7.87. The molecule has 118 valence electrons.